The number of carbonyl (C=O) groups excluding carboxylic acids is 4. The number of ether oxygens (including phenoxy) is 2. The van der Waals surface area contributed by atoms with Crippen LogP contribution in [0.4, 0.5) is 0 Å². The van der Waals surface area contributed by atoms with Gasteiger partial charge in [-0.1, -0.05) is 91.2 Å². The van der Waals surface area contributed by atoms with Gasteiger partial charge in [-0.2, -0.15) is 0 Å². The van der Waals surface area contributed by atoms with Gasteiger partial charge < -0.3 is 19.7 Å². The Morgan fingerprint density at radius 2 is 1.28 bits per heavy atom. The number of nitrogens with one attached hydrogen (secondary N) is 1. The van der Waals surface area contributed by atoms with Crippen molar-refractivity contribution in [2.24, 2.45) is 46.3 Å². The maximum absolute atomic E-state index is 13.4. The molecule has 58 heavy (non-hydrogen) atoms. The minimum absolute atomic E-state index is 0.183. The van der Waals surface area contributed by atoms with E-state index in [1.165, 1.54) is 120 Å². The fourth-order valence-corrected chi connectivity index (χ4v) is 12.7. The highest BCUT2D eigenvalue weighted by molar-refractivity contribution is 5.86. The first-order valence-electron chi connectivity index (χ1n) is 24.5. The van der Waals surface area contributed by atoms with Crippen LogP contribution < -0.4 is 5.32 Å². The maximum atomic E-state index is 13.4. The molecule has 4 saturated carbocycles. The molecule has 5 unspecified atom stereocenters. The summed E-state index contributed by atoms with van der Waals surface area (Å²) in [5, 5.41) is 3.49. The Morgan fingerprint density at radius 1 is 0.690 bits per heavy atom. The highest BCUT2D eigenvalue weighted by Crippen LogP contribution is 2.68. The first-order chi connectivity index (χ1) is 28.0. The first kappa shape index (κ1) is 48.3. The average molecular weight is 811 g/mol. The van der Waals surface area contributed by atoms with Crippen LogP contribution in [0, 0.1) is 46.3 Å². The molecule has 0 radical (unpaired) electrons. The number of amides is 2. The van der Waals surface area contributed by atoms with Crippen LogP contribution in [0.3, 0.4) is 0 Å². The third-order valence-corrected chi connectivity index (χ3v) is 15.9. The molecule has 8 nitrogen and oxygen atoms in total. The molecule has 4 aliphatic carbocycles. The van der Waals surface area contributed by atoms with E-state index in [2.05, 4.69) is 45.2 Å². The molecule has 1 N–H and O–H groups in total. The van der Waals surface area contributed by atoms with Crippen molar-refractivity contribution in [2.45, 2.75) is 208 Å². The van der Waals surface area contributed by atoms with Gasteiger partial charge in [-0.05, 0) is 156 Å². The summed E-state index contributed by atoms with van der Waals surface area (Å²) < 4.78 is 10.2. The highest BCUT2D eigenvalue weighted by Gasteiger charge is 2.60. The largest absolute Gasteiger partial charge is 0.465 e. The second kappa shape index (κ2) is 24.8. The molecule has 0 spiro atoms. The van der Waals surface area contributed by atoms with Crippen molar-refractivity contribution in [1.29, 1.82) is 0 Å². The number of hydrogen-bond donors (Lipinski definition) is 1. The summed E-state index contributed by atoms with van der Waals surface area (Å²) in [5.41, 5.74) is 0.657. The third-order valence-electron chi connectivity index (χ3n) is 15.9. The summed E-state index contributed by atoms with van der Waals surface area (Å²) in [6.45, 7) is 13.3. The predicted octanol–water partition coefficient (Wildman–Crippen LogP) is 11.5. The molecule has 0 bridgehead atoms. The third kappa shape index (κ3) is 13.8. The Kier molecular flexibility index (Phi) is 20.6. The van der Waals surface area contributed by atoms with Gasteiger partial charge in [0.1, 0.15) is 13.1 Å². The van der Waals surface area contributed by atoms with Gasteiger partial charge in [0.15, 0.2) is 0 Å². The zero-order valence-electron chi connectivity index (χ0n) is 38.1. The standard InChI is InChI=1S/C50H86N2O6/c1-7-10-11-12-13-14-15-16-17-18-19-20-21-22-23-24-45(53)51-40-31-33-49(5)39(35-40)26-27-41-43-29-28-42(50(43,6)34-32-44(41)49)38(4)25-30-46(54)52(36-47(55)57-8-2)37-48(56)58-9-3/h16-17,38-44H,7-15,18-37H2,1-6H3,(H,51,53)/t38?,39?,40-,41?,42+,43?,44?,49-,50+/m0/s1. The molecule has 9 atom stereocenters. The number of carbonyl (C=O) groups is 4. The van der Waals surface area contributed by atoms with Gasteiger partial charge in [0, 0.05) is 18.9 Å². The fraction of sp³-hybridized carbons (Fsp3) is 0.880. The summed E-state index contributed by atoms with van der Waals surface area (Å²) in [6.07, 6.45) is 34.3. The van der Waals surface area contributed by atoms with Crippen molar-refractivity contribution in [1.82, 2.24) is 10.2 Å². The topological polar surface area (TPSA) is 102 Å². The van der Waals surface area contributed by atoms with Gasteiger partial charge in [0.2, 0.25) is 11.8 Å². The number of allylic oxidation sites excluding steroid dienone is 2. The molecule has 4 fully saturated rings. The Bertz CT molecular complexity index is 1280. The van der Waals surface area contributed by atoms with Crippen molar-refractivity contribution >= 4 is 23.8 Å². The second-order valence-electron chi connectivity index (χ2n) is 19.6. The van der Waals surface area contributed by atoms with E-state index in [1.54, 1.807) is 13.8 Å². The minimum atomic E-state index is -0.498. The minimum Gasteiger partial charge on any atom is -0.465 e. The molecular weight excluding hydrogens is 725 g/mol. The van der Waals surface area contributed by atoms with Crippen LogP contribution in [0.2, 0.25) is 0 Å². The highest BCUT2D eigenvalue weighted by atomic mass is 16.5. The van der Waals surface area contributed by atoms with Crippen LogP contribution in [0.15, 0.2) is 12.2 Å². The van der Waals surface area contributed by atoms with Crippen molar-refractivity contribution < 1.29 is 28.7 Å². The van der Waals surface area contributed by atoms with Gasteiger partial charge >= 0.3 is 11.9 Å². The summed E-state index contributed by atoms with van der Waals surface area (Å²) in [5.74, 6) is 3.04. The summed E-state index contributed by atoms with van der Waals surface area (Å²) in [4.78, 5) is 52.2. The SMILES string of the molecule is CCCCCCCCC=CCCCCCCCC(=O)N[C@H]1CC[C@@]2(C)C(CCC3C2CC[C@@]2(C)C3CC[C@@H]2C(C)CCC(=O)N(CC(=O)OCC)CC(=O)OCC)C1. The lowest BCUT2D eigenvalue weighted by Crippen LogP contribution is -2.55. The molecule has 0 saturated heterocycles. The van der Waals surface area contributed by atoms with Gasteiger partial charge in [-0.3, -0.25) is 19.2 Å². The number of rotatable bonds is 26. The van der Waals surface area contributed by atoms with E-state index in [0.29, 0.717) is 42.1 Å². The zero-order chi connectivity index (χ0) is 42.0. The number of unbranched alkanes of at least 4 members (excludes halogenated alkanes) is 11. The van der Waals surface area contributed by atoms with E-state index in [4.69, 9.17) is 9.47 Å². The fourth-order valence-electron chi connectivity index (χ4n) is 12.7. The Balaban J connectivity index is 1.16. The molecule has 2 amide bonds. The quantitative estimate of drug-likeness (QED) is 0.0530. The average Bonchev–Trinajstić information content (AvgIpc) is 3.55. The molecule has 4 rings (SSSR count). The number of esters is 2. The van der Waals surface area contributed by atoms with Crippen LogP contribution in [-0.4, -0.2) is 61.0 Å². The van der Waals surface area contributed by atoms with E-state index in [0.717, 1.165) is 49.9 Å². The van der Waals surface area contributed by atoms with Crippen LogP contribution in [0.5, 0.6) is 0 Å². The first-order valence-corrected chi connectivity index (χ1v) is 24.5. The van der Waals surface area contributed by atoms with Crippen LogP contribution in [0.25, 0.3) is 0 Å². The van der Waals surface area contributed by atoms with E-state index in [-0.39, 0.29) is 43.5 Å². The number of fused-ring (bicyclic) bond motifs is 5. The van der Waals surface area contributed by atoms with Crippen molar-refractivity contribution in [3.8, 4) is 0 Å². The van der Waals surface area contributed by atoms with E-state index in [1.807, 2.05) is 0 Å². The summed E-state index contributed by atoms with van der Waals surface area (Å²) in [6, 6.07) is 0.337. The van der Waals surface area contributed by atoms with Gasteiger partial charge in [0.05, 0.1) is 13.2 Å². The number of nitrogens with zero attached hydrogens (tertiary/aromatic N) is 1. The molecule has 0 heterocycles. The summed E-state index contributed by atoms with van der Waals surface area (Å²) >= 11 is 0. The smallest absolute Gasteiger partial charge is 0.325 e. The van der Waals surface area contributed by atoms with E-state index in [9.17, 15) is 19.2 Å². The van der Waals surface area contributed by atoms with Crippen molar-refractivity contribution in [2.75, 3.05) is 26.3 Å². The second-order valence-corrected chi connectivity index (χ2v) is 19.6. The molecular formula is C50H86N2O6. The monoisotopic (exact) mass is 811 g/mol. The Hall–Kier alpha value is -2.38. The molecule has 332 valence electrons. The van der Waals surface area contributed by atoms with Gasteiger partial charge in [0.25, 0.3) is 0 Å². The van der Waals surface area contributed by atoms with Gasteiger partial charge in [-0.25, -0.2) is 0 Å². The summed E-state index contributed by atoms with van der Waals surface area (Å²) in [7, 11) is 0. The zero-order valence-corrected chi connectivity index (χ0v) is 38.1. The van der Waals surface area contributed by atoms with Crippen LogP contribution in [-0.2, 0) is 28.7 Å². The van der Waals surface area contributed by atoms with Crippen LogP contribution in [0.1, 0.15) is 202 Å². The Labute approximate surface area is 354 Å². The van der Waals surface area contributed by atoms with E-state index < -0.39 is 11.9 Å². The normalized spacial score (nSPS) is 29.6. The predicted molar refractivity (Wildman–Crippen MR) is 235 cm³/mol. The molecule has 0 aromatic heterocycles. The molecule has 4 aliphatic rings. The lowest BCUT2D eigenvalue weighted by Gasteiger charge is -2.61. The lowest BCUT2D eigenvalue weighted by atomic mass is 9.44. The molecule has 8 heteroatoms. The molecule has 0 aliphatic heterocycles. The van der Waals surface area contributed by atoms with Crippen LogP contribution >= 0.6 is 0 Å². The van der Waals surface area contributed by atoms with Gasteiger partial charge in [-0.15, -0.1) is 0 Å². The Morgan fingerprint density at radius 3 is 1.91 bits per heavy atom. The van der Waals surface area contributed by atoms with Crippen molar-refractivity contribution in [3.63, 3.8) is 0 Å². The molecule has 0 aromatic carbocycles. The molecule has 0 aromatic rings. The van der Waals surface area contributed by atoms with Crippen molar-refractivity contribution in [3.05, 3.63) is 12.2 Å². The van der Waals surface area contributed by atoms with E-state index >= 15 is 0 Å². The maximum Gasteiger partial charge on any atom is 0.325 e. The lowest BCUT2D eigenvalue weighted by molar-refractivity contribution is -0.154. The number of hydrogen-bond acceptors (Lipinski definition) is 6.